The van der Waals surface area contributed by atoms with Crippen molar-refractivity contribution in [2.75, 3.05) is 13.2 Å². The Morgan fingerprint density at radius 3 is 2.81 bits per heavy atom. The summed E-state index contributed by atoms with van der Waals surface area (Å²) in [5, 5.41) is 12.1. The van der Waals surface area contributed by atoms with Crippen LogP contribution in [-0.4, -0.2) is 24.2 Å². The van der Waals surface area contributed by atoms with E-state index in [0.717, 1.165) is 36.2 Å². The molecular weight excluding hydrogens is 266 g/mol. The first-order chi connectivity index (χ1) is 10.2. The number of carbonyl (C=O) groups is 1. The molecule has 1 unspecified atom stereocenters. The second-order valence-electron chi connectivity index (χ2n) is 5.29. The fourth-order valence-electron chi connectivity index (χ4n) is 2.56. The molecule has 1 aliphatic rings. The monoisotopic (exact) mass is 289 g/mol. The average Bonchev–Trinajstić information content (AvgIpc) is 2.52. The van der Waals surface area contributed by atoms with Gasteiger partial charge in [-0.2, -0.15) is 0 Å². The van der Waals surface area contributed by atoms with Crippen LogP contribution in [0.15, 0.2) is 41.7 Å². The number of aliphatic hydroxyl groups excluding tert-OH is 1. The van der Waals surface area contributed by atoms with E-state index in [1.165, 1.54) is 0 Å². The maximum absolute atomic E-state index is 12.4. The molecule has 1 aromatic rings. The maximum Gasteiger partial charge on any atom is 0.251 e. The fraction of sp³-hybridized carbons (Fsp3) is 0.471. The average molecular weight is 289 g/mol. The third kappa shape index (κ3) is 4.33. The fourth-order valence-corrected chi connectivity index (χ4v) is 2.56. The van der Waals surface area contributed by atoms with Gasteiger partial charge in [0.15, 0.2) is 0 Å². The molecule has 1 heterocycles. The van der Waals surface area contributed by atoms with Crippen LogP contribution >= 0.6 is 0 Å². The highest BCUT2D eigenvalue weighted by Gasteiger charge is 2.21. The van der Waals surface area contributed by atoms with Gasteiger partial charge in [0.2, 0.25) is 0 Å². The predicted octanol–water partition coefficient (Wildman–Crippen LogP) is 2.70. The minimum atomic E-state index is -0.0759. The highest BCUT2D eigenvalue weighted by atomic mass is 16.5. The Balaban J connectivity index is 2.09. The zero-order valence-electron chi connectivity index (χ0n) is 12.5. The van der Waals surface area contributed by atoms with Gasteiger partial charge in [-0.3, -0.25) is 4.79 Å². The summed E-state index contributed by atoms with van der Waals surface area (Å²) < 4.78 is 5.46. The van der Waals surface area contributed by atoms with Crippen LogP contribution in [0, 0.1) is 0 Å². The first kappa shape index (κ1) is 15.6. The van der Waals surface area contributed by atoms with Crippen molar-refractivity contribution in [3.8, 4) is 0 Å². The van der Waals surface area contributed by atoms with E-state index in [2.05, 4.69) is 5.32 Å². The van der Waals surface area contributed by atoms with Crippen LogP contribution in [0.3, 0.4) is 0 Å². The Labute approximate surface area is 125 Å². The van der Waals surface area contributed by atoms with E-state index in [9.17, 15) is 4.79 Å². The maximum atomic E-state index is 12.4. The van der Waals surface area contributed by atoms with E-state index in [-0.39, 0.29) is 18.6 Å². The number of amides is 1. The topological polar surface area (TPSA) is 58.6 Å². The van der Waals surface area contributed by atoms with Gasteiger partial charge in [0.05, 0.1) is 18.2 Å². The molecule has 4 nitrogen and oxygen atoms in total. The molecule has 0 aromatic heterocycles. The summed E-state index contributed by atoms with van der Waals surface area (Å²) >= 11 is 0. The number of benzene rings is 1. The van der Waals surface area contributed by atoms with Crippen molar-refractivity contribution < 1.29 is 14.6 Å². The first-order valence-electron chi connectivity index (χ1n) is 7.51. The summed E-state index contributed by atoms with van der Waals surface area (Å²) in [5.41, 5.74) is 1.81. The van der Waals surface area contributed by atoms with Gasteiger partial charge in [-0.25, -0.2) is 0 Å². The SMILES string of the molecule is CC1=C(C(=O)NC(CCCO)c2ccccc2)CCCO1. The normalized spacial score (nSPS) is 16.3. The van der Waals surface area contributed by atoms with E-state index in [4.69, 9.17) is 9.84 Å². The molecule has 1 aliphatic heterocycles. The molecule has 0 radical (unpaired) electrons. The van der Waals surface area contributed by atoms with Gasteiger partial charge in [-0.15, -0.1) is 0 Å². The van der Waals surface area contributed by atoms with Gasteiger partial charge in [-0.05, 0) is 38.2 Å². The van der Waals surface area contributed by atoms with E-state index in [0.29, 0.717) is 13.0 Å². The Hall–Kier alpha value is -1.81. The van der Waals surface area contributed by atoms with E-state index in [1.807, 2.05) is 37.3 Å². The van der Waals surface area contributed by atoms with Crippen LogP contribution in [0.2, 0.25) is 0 Å². The number of rotatable bonds is 6. The quantitative estimate of drug-likeness (QED) is 0.846. The largest absolute Gasteiger partial charge is 0.498 e. The van der Waals surface area contributed by atoms with Crippen LogP contribution in [0.1, 0.15) is 44.2 Å². The highest BCUT2D eigenvalue weighted by Crippen LogP contribution is 2.22. The van der Waals surface area contributed by atoms with Crippen LogP contribution in [0.5, 0.6) is 0 Å². The summed E-state index contributed by atoms with van der Waals surface area (Å²) in [5.74, 6) is 0.673. The van der Waals surface area contributed by atoms with Gasteiger partial charge < -0.3 is 15.2 Å². The van der Waals surface area contributed by atoms with Crippen LogP contribution < -0.4 is 5.32 Å². The second kappa shape index (κ2) is 7.84. The summed E-state index contributed by atoms with van der Waals surface area (Å²) in [7, 11) is 0. The number of carbonyl (C=O) groups excluding carboxylic acids is 1. The molecule has 1 amide bonds. The van der Waals surface area contributed by atoms with Gasteiger partial charge in [0.25, 0.3) is 5.91 Å². The number of hydrogen-bond acceptors (Lipinski definition) is 3. The molecule has 4 heteroatoms. The molecular formula is C17H23NO3. The zero-order valence-corrected chi connectivity index (χ0v) is 12.5. The van der Waals surface area contributed by atoms with Crippen molar-refractivity contribution in [2.45, 2.75) is 38.6 Å². The Bertz CT molecular complexity index is 496. The van der Waals surface area contributed by atoms with E-state index >= 15 is 0 Å². The number of allylic oxidation sites excluding steroid dienone is 1. The number of hydrogen-bond donors (Lipinski definition) is 2. The summed E-state index contributed by atoms with van der Waals surface area (Å²) in [6.45, 7) is 2.67. The van der Waals surface area contributed by atoms with Crippen molar-refractivity contribution in [2.24, 2.45) is 0 Å². The molecule has 0 bridgehead atoms. The smallest absolute Gasteiger partial charge is 0.251 e. The van der Waals surface area contributed by atoms with Gasteiger partial charge in [0, 0.05) is 6.61 Å². The molecule has 0 spiro atoms. The van der Waals surface area contributed by atoms with Crippen molar-refractivity contribution in [1.29, 1.82) is 0 Å². The molecule has 0 saturated heterocycles. The minimum absolute atomic E-state index is 0.0565. The Morgan fingerprint density at radius 1 is 1.38 bits per heavy atom. The summed E-state index contributed by atoms with van der Waals surface area (Å²) in [6.07, 6.45) is 3.03. The third-order valence-corrected chi connectivity index (χ3v) is 3.75. The molecule has 1 atom stereocenters. The summed E-state index contributed by atoms with van der Waals surface area (Å²) in [6, 6.07) is 9.80. The minimum Gasteiger partial charge on any atom is -0.498 e. The third-order valence-electron chi connectivity index (χ3n) is 3.75. The lowest BCUT2D eigenvalue weighted by molar-refractivity contribution is -0.119. The molecule has 0 fully saturated rings. The van der Waals surface area contributed by atoms with Crippen LogP contribution in [0.4, 0.5) is 0 Å². The number of ether oxygens (including phenoxy) is 1. The van der Waals surface area contributed by atoms with Crippen molar-refractivity contribution in [3.05, 3.63) is 47.2 Å². The molecule has 1 aromatic carbocycles. The molecule has 0 aliphatic carbocycles. The standard InChI is InChI=1S/C17H23NO3/c1-13-15(9-6-12-21-13)17(20)18-16(10-5-11-19)14-7-3-2-4-8-14/h2-4,7-8,16,19H,5-6,9-12H2,1H3,(H,18,20). The summed E-state index contributed by atoms with van der Waals surface area (Å²) in [4.78, 5) is 12.4. The Morgan fingerprint density at radius 2 is 2.14 bits per heavy atom. The van der Waals surface area contributed by atoms with E-state index in [1.54, 1.807) is 0 Å². The van der Waals surface area contributed by atoms with Crippen molar-refractivity contribution >= 4 is 5.91 Å². The van der Waals surface area contributed by atoms with Crippen LogP contribution in [-0.2, 0) is 9.53 Å². The number of aliphatic hydroxyl groups is 1. The molecule has 2 N–H and O–H groups in total. The predicted molar refractivity (Wildman–Crippen MR) is 81.5 cm³/mol. The lowest BCUT2D eigenvalue weighted by atomic mass is 10.0. The van der Waals surface area contributed by atoms with Gasteiger partial charge >= 0.3 is 0 Å². The molecule has 114 valence electrons. The molecule has 2 rings (SSSR count). The highest BCUT2D eigenvalue weighted by molar-refractivity contribution is 5.94. The zero-order chi connectivity index (χ0) is 15.1. The number of nitrogens with one attached hydrogen (secondary N) is 1. The first-order valence-corrected chi connectivity index (χ1v) is 7.51. The molecule has 0 saturated carbocycles. The second-order valence-corrected chi connectivity index (χ2v) is 5.29. The van der Waals surface area contributed by atoms with Gasteiger partial charge in [0.1, 0.15) is 5.76 Å². The molecule has 21 heavy (non-hydrogen) atoms. The van der Waals surface area contributed by atoms with Crippen molar-refractivity contribution in [1.82, 2.24) is 5.32 Å². The lowest BCUT2D eigenvalue weighted by Gasteiger charge is -2.23. The Kier molecular flexibility index (Phi) is 5.81. The van der Waals surface area contributed by atoms with Gasteiger partial charge in [-0.1, -0.05) is 30.3 Å². The van der Waals surface area contributed by atoms with Crippen LogP contribution in [0.25, 0.3) is 0 Å². The van der Waals surface area contributed by atoms with Crippen molar-refractivity contribution in [3.63, 3.8) is 0 Å². The van der Waals surface area contributed by atoms with E-state index < -0.39 is 0 Å². The lowest BCUT2D eigenvalue weighted by Crippen LogP contribution is -2.31.